The van der Waals surface area contributed by atoms with E-state index in [4.69, 9.17) is 30.2 Å². The predicted molar refractivity (Wildman–Crippen MR) is 101 cm³/mol. The number of fused-ring (bicyclic) bond motifs is 2. The number of benzene rings is 1. The minimum absolute atomic E-state index is 0.0991. The Balaban J connectivity index is 1.77. The van der Waals surface area contributed by atoms with Gasteiger partial charge in [0.25, 0.3) is 5.56 Å². The molecule has 3 aromatic rings. The normalized spacial score (nSPS) is 13.0. The fraction of sp³-hybridized carbons (Fsp3) is 0.316. The van der Waals surface area contributed by atoms with Crippen LogP contribution in [-0.2, 0) is 11.3 Å². The second-order valence-corrected chi connectivity index (χ2v) is 6.62. The maximum atomic E-state index is 13.0. The molecule has 0 aliphatic carbocycles. The largest absolute Gasteiger partial charge is 0.486 e. The molecular formula is C19H17ClN2O6. The van der Waals surface area contributed by atoms with E-state index in [0.717, 1.165) is 5.56 Å². The van der Waals surface area contributed by atoms with Crippen LogP contribution in [0.3, 0.4) is 0 Å². The molecule has 0 N–H and O–H groups in total. The maximum Gasteiger partial charge on any atom is 0.342 e. The second-order valence-electron chi connectivity index (χ2n) is 6.21. The first-order valence-electron chi connectivity index (χ1n) is 8.73. The molecule has 1 aliphatic heterocycles. The van der Waals surface area contributed by atoms with Crippen molar-refractivity contribution >= 4 is 28.7 Å². The molecule has 0 bridgehead atoms. The molecule has 1 aromatic carbocycles. The standard InChI is InChI=1S/C19H17ClN2O6/c1-3-25-19(24)14-10(2)28-17-15(14)18(23)22(9-21-17)8-11-6-12(20)16-13(7-11)26-4-5-27-16/h6-7,9H,3-5,8H2,1-2H3. The van der Waals surface area contributed by atoms with Gasteiger partial charge >= 0.3 is 5.97 Å². The van der Waals surface area contributed by atoms with Gasteiger partial charge in [-0.25, -0.2) is 9.78 Å². The molecule has 3 heterocycles. The van der Waals surface area contributed by atoms with Gasteiger partial charge < -0.3 is 18.6 Å². The van der Waals surface area contributed by atoms with E-state index in [0.29, 0.717) is 29.7 Å². The summed E-state index contributed by atoms with van der Waals surface area (Å²) in [6.45, 7) is 4.52. The number of carbonyl (C=O) groups excluding carboxylic acids is 1. The average Bonchev–Trinajstić information content (AvgIpc) is 3.01. The third kappa shape index (κ3) is 3.09. The van der Waals surface area contributed by atoms with Gasteiger partial charge in [-0.05, 0) is 31.5 Å². The Morgan fingerprint density at radius 3 is 2.89 bits per heavy atom. The zero-order valence-electron chi connectivity index (χ0n) is 15.3. The van der Waals surface area contributed by atoms with Crippen LogP contribution in [0.5, 0.6) is 11.5 Å². The van der Waals surface area contributed by atoms with Gasteiger partial charge in [0, 0.05) is 0 Å². The molecule has 0 radical (unpaired) electrons. The Hall–Kier alpha value is -3.00. The fourth-order valence-electron chi connectivity index (χ4n) is 3.15. The average molecular weight is 405 g/mol. The van der Waals surface area contributed by atoms with Gasteiger partial charge in [-0.1, -0.05) is 11.6 Å². The highest BCUT2D eigenvalue weighted by Crippen LogP contribution is 2.38. The van der Waals surface area contributed by atoms with Crippen molar-refractivity contribution in [3.8, 4) is 11.5 Å². The summed E-state index contributed by atoms with van der Waals surface area (Å²) in [5, 5.41) is 0.503. The van der Waals surface area contributed by atoms with Gasteiger partial charge in [0.2, 0.25) is 5.71 Å². The highest BCUT2D eigenvalue weighted by atomic mass is 35.5. The van der Waals surface area contributed by atoms with Gasteiger partial charge in [0.15, 0.2) is 11.5 Å². The Labute approximate surface area is 164 Å². The summed E-state index contributed by atoms with van der Waals surface area (Å²) >= 11 is 6.27. The monoisotopic (exact) mass is 404 g/mol. The van der Waals surface area contributed by atoms with Crippen LogP contribution in [-0.4, -0.2) is 35.3 Å². The Morgan fingerprint density at radius 2 is 2.11 bits per heavy atom. The number of esters is 1. The Kier molecular flexibility index (Phi) is 4.72. The third-order valence-corrected chi connectivity index (χ3v) is 4.62. The van der Waals surface area contributed by atoms with Crippen molar-refractivity contribution in [3.05, 3.63) is 50.7 Å². The Bertz CT molecular complexity index is 1130. The topological polar surface area (TPSA) is 92.8 Å². The zero-order chi connectivity index (χ0) is 19.8. The molecule has 9 heteroatoms. The minimum atomic E-state index is -0.613. The van der Waals surface area contributed by atoms with Crippen LogP contribution in [0.15, 0.2) is 27.7 Å². The van der Waals surface area contributed by atoms with E-state index >= 15 is 0 Å². The van der Waals surface area contributed by atoms with Crippen molar-refractivity contribution < 1.29 is 23.4 Å². The summed E-state index contributed by atoms with van der Waals surface area (Å²) in [5.74, 6) is 0.700. The summed E-state index contributed by atoms with van der Waals surface area (Å²) in [7, 11) is 0. The number of hydrogen-bond acceptors (Lipinski definition) is 7. The van der Waals surface area contributed by atoms with E-state index in [2.05, 4.69) is 4.98 Å². The summed E-state index contributed by atoms with van der Waals surface area (Å²) in [4.78, 5) is 29.4. The second kappa shape index (κ2) is 7.20. The number of halogens is 1. The number of ether oxygens (including phenoxy) is 3. The fourth-order valence-corrected chi connectivity index (χ4v) is 3.44. The molecule has 0 amide bonds. The quantitative estimate of drug-likeness (QED) is 0.617. The number of hydrogen-bond donors (Lipinski definition) is 0. The van der Waals surface area contributed by atoms with Crippen molar-refractivity contribution in [2.75, 3.05) is 19.8 Å². The molecule has 1 aliphatic rings. The molecular weight excluding hydrogens is 388 g/mol. The highest BCUT2D eigenvalue weighted by Gasteiger charge is 2.24. The molecule has 8 nitrogen and oxygen atoms in total. The maximum absolute atomic E-state index is 13.0. The third-order valence-electron chi connectivity index (χ3n) is 4.34. The molecule has 0 saturated heterocycles. The summed E-state index contributed by atoms with van der Waals surface area (Å²) < 4.78 is 23.0. The van der Waals surface area contributed by atoms with Crippen LogP contribution in [0, 0.1) is 6.92 Å². The van der Waals surface area contributed by atoms with Gasteiger partial charge in [0.05, 0.1) is 18.2 Å². The number of nitrogens with zero attached hydrogens (tertiary/aromatic N) is 2. The molecule has 0 atom stereocenters. The van der Waals surface area contributed by atoms with Crippen LogP contribution in [0.25, 0.3) is 11.1 Å². The molecule has 2 aromatic heterocycles. The minimum Gasteiger partial charge on any atom is -0.486 e. The van der Waals surface area contributed by atoms with Crippen molar-refractivity contribution in [2.24, 2.45) is 0 Å². The van der Waals surface area contributed by atoms with Crippen molar-refractivity contribution in [2.45, 2.75) is 20.4 Å². The van der Waals surface area contributed by atoms with Gasteiger partial charge in [0.1, 0.15) is 36.3 Å². The lowest BCUT2D eigenvalue weighted by Crippen LogP contribution is -2.23. The molecule has 146 valence electrons. The summed E-state index contributed by atoms with van der Waals surface area (Å²) in [6.07, 6.45) is 1.37. The molecule has 0 unspecified atom stereocenters. The number of carbonyl (C=O) groups is 1. The van der Waals surface area contributed by atoms with Crippen LogP contribution < -0.4 is 15.0 Å². The van der Waals surface area contributed by atoms with E-state index in [9.17, 15) is 9.59 Å². The van der Waals surface area contributed by atoms with E-state index in [-0.39, 0.29) is 35.6 Å². The molecule has 28 heavy (non-hydrogen) atoms. The van der Waals surface area contributed by atoms with Crippen molar-refractivity contribution in [1.82, 2.24) is 9.55 Å². The molecule has 0 fully saturated rings. The number of aryl methyl sites for hydroxylation is 1. The van der Waals surface area contributed by atoms with Gasteiger partial charge in [-0.2, -0.15) is 0 Å². The lowest BCUT2D eigenvalue weighted by molar-refractivity contribution is 0.0526. The Morgan fingerprint density at radius 1 is 1.32 bits per heavy atom. The lowest BCUT2D eigenvalue weighted by Gasteiger charge is -2.20. The van der Waals surface area contributed by atoms with E-state index in [1.54, 1.807) is 26.0 Å². The number of aromatic nitrogens is 2. The van der Waals surface area contributed by atoms with Crippen LogP contribution in [0.2, 0.25) is 5.02 Å². The first-order valence-corrected chi connectivity index (χ1v) is 9.11. The molecule has 0 saturated carbocycles. The predicted octanol–water partition coefficient (Wildman–Crippen LogP) is 2.95. The van der Waals surface area contributed by atoms with Gasteiger partial charge in [-0.3, -0.25) is 9.36 Å². The lowest BCUT2D eigenvalue weighted by atomic mass is 10.1. The number of rotatable bonds is 4. The van der Waals surface area contributed by atoms with Crippen LogP contribution in [0.4, 0.5) is 0 Å². The highest BCUT2D eigenvalue weighted by molar-refractivity contribution is 6.32. The van der Waals surface area contributed by atoms with E-state index in [1.807, 2.05) is 0 Å². The summed E-state index contributed by atoms with van der Waals surface area (Å²) in [6, 6.07) is 3.47. The molecule has 0 spiro atoms. The summed E-state index contributed by atoms with van der Waals surface area (Å²) in [5.41, 5.74) is 0.525. The van der Waals surface area contributed by atoms with Crippen LogP contribution in [0.1, 0.15) is 28.6 Å². The number of furan rings is 1. The first kappa shape index (κ1) is 18.4. The SMILES string of the molecule is CCOC(=O)c1c(C)oc2ncn(Cc3cc(Cl)c4c(c3)OCCO4)c(=O)c12. The molecule has 4 rings (SSSR count). The van der Waals surface area contributed by atoms with E-state index in [1.165, 1.54) is 10.9 Å². The van der Waals surface area contributed by atoms with E-state index < -0.39 is 11.5 Å². The van der Waals surface area contributed by atoms with Crippen LogP contribution >= 0.6 is 11.6 Å². The van der Waals surface area contributed by atoms with Crippen molar-refractivity contribution in [3.63, 3.8) is 0 Å². The zero-order valence-corrected chi connectivity index (χ0v) is 16.0. The first-order chi connectivity index (χ1) is 13.5. The van der Waals surface area contributed by atoms with Gasteiger partial charge in [-0.15, -0.1) is 0 Å². The smallest absolute Gasteiger partial charge is 0.342 e. The van der Waals surface area contributed by atoms with Crippen molar-refractivity contribution in [1.29, 1.82) is 0 Å².